The monoisotopic (exact) mass is 448 g/mol. The number of benzene rings is 3. The molecule has 33 heavy (non-hydrogen) atoms. The third-order valence-electron chi connectivity index (χ3n) is 4.84. The van der Waals surface area contributed by atoms with Crippen LogP contribution in [-0.4, -0.2) is 18.4 Å². The lowest BCUT2D eigenvalue weighted by atomic mass is 9.85. The van der Waals surface area contributed by atoms with Crippen molar-refractivity contribution >= 4 is 6.16 Å². The van der Waals surface area contributed by atoms with Crippen LogP contribution < -0.4 is 9.47 Å². The van der Waals surface area contributed by atoms with Gasteiger partial charge < -0.3 is 18.9 Å². The van der Waals surface area contributed by atoms with Crippen molar-refractivity contribution in [3.05, 3.63) is 90.0 Å². The van der Waals surface area contributed by atoms with Gasteiger partial charge in [-0.25, -0.2) is 4.79 Å². The van der Waals surface area contributed by atoms with Gasteiger partial charge in [-0.05, 0) is 68.3 Å². The molecule has 0 bridgehead atoms. The van der Waals surface area contributed by atoms with E-state index < -0.39 is 11.8 Å². The number of hydrogen-bond donors (Lipinski definition) is 0. The van der Waals surface area contributed by atoms with Crippen LogP contribution in [0.3, 0.4) is 0 Å². The smallest absolute Gasteiger partial charge is 0.457 e. The maximum Gasteiger partial charge on any atom is 0.514 e. The minimum Gasteiger partial charge on any atom is -0.457 e. The third kappa shape index (κ3) is 7.95. The fraction of sp³-hybridized carbons (Fsp3) is 0.321. The van der Waals surface area contributed by atoms with Gasteiger partial charge in [0.05, 0.1) is 13.2 Å². The van der Waals surface area contributed by atoms with Gasteiger partial charge in [-0.15, -0.1) is 0 Å². The number of carbonyl (C=O) groups excluding carboxylic acids is 1. The van der Waals surface area contributed by atoms with E-state index in [4.69, 9.17) is 18.9 Å². The molecule has 5 nitrogen and oxygen atoms in total. The Hall–Kier alpha value is -3.31. The quantitative estimate of drug-likeness (QED) is 0.268. The van der Waals surface area contributed by atoms with Gasteiger partial charge in [-0.3, -0.25) is 0 Å². The van der Waals surface area contributed by atoms with E-state index in [2.05, 4.69) is 13.8 Å². The second-order valence-electron chi connectivity index (χ2n) is 9.53. The summed E-state index contributed by atoms with van der Waals surface area (Å²) >= 11 is 0. The van der Waals surface area contributed by atoms with Gasteiger partial charge in [0.15, 0.2) is 0 Å². The predicted octanol–water partition coefficient (Wildman–Crippen LogP) is 7.29. The molecule has 0 radical (unpaired) electrons. The minimum atomic E-state index is -0.712. The Labute approximate surface area is 196 Å². The summed E-state index contributed by atoms with van der Waals surface area (Å²) in [5.41, 5.74) is 1.31. The van der Waals surface area contributed by atoms with E-state index in [1.54, 1.807) is 32.9 Å². The molecule has 0 fully saturated rings. The highest BCUT2D eigenvalue weighted by Gasteiger charge is 2.22. The van der Waals surface area contributed by atoms with Crippen molar-refractivity contribution < 1.29 is 23.7 Å². The van der Waals surface area contributed by atoms with E-state index in [0.717, 1.165) is 22.6 Å². The first-order chi connectivity index (χ1) is 15.6. The lowest BCUT2D eigenvalue weighted by Crippen LogP contribution is -2.26. The van der Waals surface area contributed by atoms with Crippen LogP contribution in [0, 0.1) is 0 Å². The molecule has 0 N–H and O–H groups in total. The van der Waals surface area contributed by atoms with Crippen LogP contribution in [0.15, 0.2) is 78.9 Å². The van der Waals surface area contributed by atoms with E-state index in [0.29, 0.717) is 19.0 Å². The summed E-state index contributed by atoms with van der Waals surface area (Å²) in [7, 11) is 0. The molecule has 0 saturated heterocycles. The number of carbonyl (C=O) groups is 1. The van der Waals surface area contributed by atoms with Crippen molar-refractivity contribution in [3.8, 4) is 17.2 Å². The van der Waals surface area contributed by atoms with Crippen LogP contribution in [0.25, 0.3) is 0 Å². The Kier molecular flexibility index (Phi) is 7.77. The van der Waals surface area contributed by atoms with Crippen molar-refractivity contribution in [2.45, 2.75) is 52.2 Å². The first kappa shape index (κ1) is 24.3. The van der Waals surface area contributed by atoms with Gasteiger partial charge in [0.25, 0.3) is 0 Å². The molecule has 3 aromatic rings. The lowest BCUT2D eigenvalue weighted by Gasteiger charge is -2.25. The van der Waals surface area contributed by atoms with E-state index in [1.165, 1.54) is 0 Å². The van der Waals surface area contributed by atoms with Gasteiger partial charge in [-0.2, -0.15) is 0 Å². The number of para-hydroxylation sites is 1. The maximum atomic E-state index is 11.8. The number of ether oxygens (including phenoxy) is 4. The van der Waals surface area contributed by atoms with Crippen LogP contribution in [0.5, 0.6) is 17.2 Å². The molecule has 0 heterocycles. The van der Waals surface area contributed by atoms with Gasteiger partial charge >= 0.3 is 6.16 Å². The molecular weight excluding hydrogens is 416 g/mol. The molecule has 0 aliphatic carbocycles. The van der Waals surface area contributed by atoms with Gasteiger partial charge in [0, 0.05) is 5.41 Å². The zero-order chi connectivity index (χ0) is 23.9. The molecule has 174 valence electrons. The SMILES string of the molecule is CC(C)(C)OC(=O)Oc1ccc(C(C)(C)COCc2cccc(Oc3ccccc3)c2)cc1. The van der Waals surface area contributed by atoms with E-state index >= 15 is 0 Å². The predicted molar refractivity (Wildman–Crippen MR) is 129 cm³/mol. The molecule has 0 aliphatic rings. The third-order valence-corrected chi connectivity index (χ3v) is 4.84. The summed E-state index contributed by atoms with van der Waals surface area (Å²) in [6.45, 7) is 10.6. The van der Waals surface area contributed by atoms with Crippen LogP contribution in [0.1, 0.15) is 45.7 Å². The first-order valence-electron chi connectivity index (χ1n) is 11.0. The molecule has 0 saturated carbocycles. The molecule has 0 unspecified atom stereocenters. The highest BCUT2D eigenvalue weighted by Crippen LogP contribution is 2.27. The van der Waals surface area contributed by atoms with E-state index in [1.807, 2.05) is 66.7 Å². The maximum absolute atomic E-state index is 11.8. The average molecular weight is 449 g/mol. The van der Waals surface area contributed by atoms with Crippen LogP contribution in [0.2, 0.25) is 0 Å². The van der Waals surface area contributed by atoms with Crippen molar-refractivity contribution in [1.82, 2.24) is 0 Å². The summed E-state index contributed by atoms with van der Waals surface area (Å²) in [6, 6.07) is 25.0. The highest BCUT2D eigenvalue weighted by molar-refractivity contribution is 5.64. The Bertz CT molecular complexity index is 1030. The molecule has 0 aromatic heterocycles. The largest absolute Gasteiger partial charge is 0.514 e. The molecule has 3 aromatic carbocycles. The molecule has 0 amide bonds. The Balaban J connectivity index is 1.52. The van der Waals surface area contributed by atoms with Gasteiger partial charge in [0.2, 0.25) is 0 Å². The van der Waals surface area contributed by atoms with Gasteiger partial charge in [0.1, 0.15) is 22.8 Å². The van der Waals surface area contributed by atoms with Crippen LogP contribution >= 0.6 is 0 Å². The van der Waals surface area contributed by atoms with Crippen molar-refractivity contribution in [1.29, 1.82) is 0 Å². The fourth-order valence-corrected chi connectivity index (χ4v) is 3.17. The lowest BCUT2D eigenvalue weighted by molar-refractivity contribution is 0.0206. The second kappa shape index (κ2) is 10.5. The molecule has 0 aliphatic heterocycles. The normalized spacial score (nSPS) is 11.7. The van der Waals surface area contributed by atoms with Crippen molar-refractivity contribution in [3.63, 3.8) is 0 Å². The van der Waals surface area contributed by atoms with E-state index in [-0.39, 0.29) is 5.41 Å². The van der Waals surface area contributed by atoms with E-state index in [9.17, 15) is 4.79 Å². The summed E-state index contributed by atoms with van der Waals surface area (Å²) in [5, 5.41) is 0. The highest BCUT2D eigenvalue weighted by atomic mass is 16.7. The summed E-state index contributed by atoms with van der Waals surface area (Å²) in [4.78, 5) is 11.8. The molecular formula is C28H32O5. The average Bonchev–Trinajstić information content (AvgIpc) is 2.74. The number of rotatable bonds is 8. The Morgan fingerprint density at radius 2 is 1.42 bits per heavy atom. The summed E-state index contributed by atoms with van der Waals surface area (Å²) < 4.78 is 22.4. The topological polar surface area (TPSA) is 54.0 Å². The zero-order valence-electron chi connectivity index (χ0n) is 20.0. The van der Waals surface area contributed by atoms with Gasteiger partial charge in [-0.1, -0.05) is 56.3 Å². The first-order valence-corrected chi connectivity index (χ1v) is 11.0. The van der Waals surface area contributed by atoms with Crippen molar-refractivity contribution in [2.24, 2.45) is 0 Å². The van der Waals surface area contributed by atoms with Crippen LogP contribution in [-0.2, 0) is 21.5 Å². The molecule has 0 atom stereocenters. The standard InChI is InChI=1S/C28H32O5/c1-27(2,3)33-26(29)32-24-16-14-22(15-17-24)28(4,5)20-30-19-21-10-9-13-25(18-21)31-23-11-7-6-8-12-23/h6-18H,19-20H2,1-5H3. The Morgan fingerprint density at radius 1 is 0.758 bits per heavy atom. The number of hydrogen-bond acceptors (Lipinski definition) is 5. The molecule has 0 spiro atoms. The summed E-state index contributed by atoms with van der Waals surface area (Å²) in [5.74, 6) is 2.03. The fourth-order valence-electron chi connectivity index (χ4n) is 3.17. The minimum absolute atomic E-state index is 0.220. The summed E-state index contributed by atoms with van der Waals surface area (Å²) in [6.07, 6.45) is -0.712. The zero-order valence-corrected chi connectivity index (χ0v) is 20.0. The Morgan fingerprint density at radius 3 is 2.09 bits per heavy atom. The van der Waals surface area contributed by atoms with Crippen molar-refractivity contribution in [2.75, 3.05) is 6.61 Å². The second-order valence-corrected chi connectivity index (χ2v) is 9.53. The molecule has 5 heteroatoms. The van der Waals surface area contributed by atoms with Crippen LogP contribution in [0.4, 0.5) is 4.79 Å². The molecule has 3 rings (SSSR count).